The maximum atomic E-state index is 14.3. The summed E-state index contributed by atoms with van der Waals surface area (Å²) in [6.07, 6.45) is 6.14. The third-order valence-electron chi connectivity index (χ3n) is 9.44. The standard InChI is InChI=1S/C33H44N4O7S/c1-33(32(40)35(2)14-16-44-17-15-36(3)45(34,41)42)20-24-18-25(43-4)11-13-26(24)30-29(22-8-6-5-7-9-22)27-12-10-23(31(38)39)19-28(27)37(30)21-33/h10-13,18-19,22H,5-9,14-17,20-21H2,1-4H3,(H,38,39)(H2,34,41,42)/t33-/m0/s1. The summed E-state index contributed by atoms with van der Waals surface area (Å²) in [4.78, 5) is 28.0. The Kier molecular flexibility index (Phi) is 9.60. The van der Waals surface area contributed by atoms with Gasteiger partial charge in [-0.2, -0.15) is 12.7 Å². The summed E-state index contributed by atoms with van der Waals surface area (Å²) in [6, 6.07) is 11.4. The third kappa shape index (κ3) is 6.74. The number of nitrogens with zero attached hydrogens (tertiary/aromatic N) is 3. The molecule has 1 amide bonds. The number of benzene rings is 2. The molecule has 2 heterocycles. The van der Waals surface area contributed by atoms with E-state index in [0.717, 1.165) is 57.7 Å². The van der Waals surface area contributed by atoms with E-state index in [1.165, 1.54) is 19.0 Å². The van der Waals surface area contributed by atoms with Gasteiger partial charge in [0.2, 0.25) is 5.91 Å². The van der Waals surface area contributed by atoms with E-state index in [4.69, 9.17) is 14.6 Å². The van der Waals surface area contributed by atoms with Crippen molar-refractivity contribution in [2.24, 2.45) is 10.6 Å². The van der Waals surface area contributed by atoms with Crippen LogP contribution in [0.25, 0.3) is 22.2 Å². The van der Waals surface area contributed by atoms with Crippen molar-refractivity contribution in [2.75, 3.05) is 47.5 Å². The minimum atomic E-state index is -3.78. The molecule has 244 valence electrons. The Morgan fingerprint density at radius 3 is 2.44 bits per heavy atom. The average Bonchev–Trinajstić information content (AvgIpc) is 3.25. The fourth-order valence-electron chi connectivity index (χ4n) is 7.00. The van der Waals surface area contributed by atoms with Crippen LogP contribution in [-0.4, -0.2) is 86.7 Å². The molecule has 45 heavy (non-hydrogen) atoms. The SMILES string of the molecule is COc1ccc2c(c1)C[C@](C)(C(=O)N(C)CCOCCN(C)S(N)(=O)=O)Cn1c-2c(C2CCCCC2)c2ccc(C(=O)O)cc21. The maximum absolute atomic E-state index is 14.3. The Balaban J connectivity index is 1.54. The number of carbonyl (C=O) groups is 2. The fourth-order valence-corrected chi connectivity index (χ4v) is 7.33. The molecule has 1 aliphatic heterocycles. The first-order valence-corrected chi connectivity index (χ1v) is 17.0. The van der Waals surface area contributed by atoms with E-state index in [9.17, 15) is 23.1 Å². The van der Waals surface area contributed by atoms with Gasteiger partial charge in [-0.15, -0.1) is 0 Å². The lowest BCUT2D eigenvalue weighted by molar-refractivity contribution is -0.141. The number of amides is 1. The Hall–Kier alpha value is -3.45. The first-order valence-electron chi connectivity index (χ1n) is 15.5. The van der Waals surface area contributed by atoms with Crippen LogP contribution in [0, 0.1) is 5.41 Å². The van der Waals surface area contributed by atoms with Crippen molar-refractivity contribution >= 4 is 33.0 Å². The van der Waals surface area contributed by atoms with E-state index in [0.29, 0.717) is 31.2 Å². The Bertz CT molecular complexity index is 1700. The van der Waals surface area contributed by atoms with E-state index in [1.807, 2.05) is 25.1 Å². The molecular formula is C33H44N4O7S. The number of carboxylic acids is 1. The highest BCUT2D eigenvalue weighted by atomic mass is 32.2. The fraction of sp³-hybridized carbons (Fsp3) is 0.515. The van der Waals surface area contributed by atoms with Crippen molar-refractivity contribution in [1.82, 2.24) is 13.8 Å². The van der Waals surface area contributed by atoms with Crippen LogP contribution in [-0.2, 0) is 32.7 Å². The van der Waals surface area contributed by atoms with Crippen LogP contribution in [0.3, 0.4) is 0 Å². The number of carbonyl (C=O) groups excluding carboxylic acids is 1. The second kappa shape index (κ2) is 13.1. The second-order valence-corrected chi connectivity index (χ2v) is 14.3. The third-order valence-corrected chi connectivity index (χ3v) is 10.5. The topological polar surface area (TPSA) is 144 Å². The maximum Gasteiger partial charge on any atom is 0.335 e. The highest BCUT2D eigenvalue weighted by molar-refractivity contribution is 7.86. The molecule has 2 aliphatic rings. The van der Waals surface area contributed by atoms with Crippen LogP contribution < -0.4 is 9.88 Å². The van der Waals surface area contributed by atoms with Crippen molar-refractivity contribution in [3.8, 4) is 17.0 Å². The number of nitrogens with two attached hydrogens (primary N) is 1. The average molecular weight is 641 g/mol. The van der Waals surface area contributed by atoms with Gasteiger partial charge in [0.15, 0.2) is 0 Å². The number of ether oxygens (including phenoxy) is 2. The number of methoxy groups -OCH3 is 1. The molecule has 2 aromatic carbocycles. The Labute approximate surface area is 265 Å². The summed E-state index contributed by atoms with van der Waals surface area (Å²) in [6.45, 7) is 3.14. The second-order valence-electron chi connectivity index (χ2n) is 12.7. The molecule has 3 N–H and O–H groups in total. The lowest BCUT2D eigenvalue weighted by Crippen LogP contribution is -2.45. The summed E-state index contributed by atoms with van der Waals surface area (Å²) in [7, 11) is 0.977. The summed E-state index contributed by atoms with van der Waals surface area (Å²) >= 11 is 0. The molecule has 0 spiro atoms. The molecule has 1 saturated carbocycles. The number of hydrogen-bond acceptors (Lipinski definition) is 6. The summed E-state index contributed by atoms with van der Waals surface area (Å²) in [5.41, 5.74) is 4.55. The molecular weight excluding hydrogens is 596 g/mol. The lowest BCUT2D eigenvalue weighted by atomic mass is 9.79. The van der Waals surface area contributed by atoms with Gasteiger partial charge in [-0.1, -0.05) is 25.3 Å². The molecule has 0 radical (unpaired) electrons. The van der Waals surface area contributed by atoms with Crippen LogP contribution in [0.15, 0.2) is 36.4 Å². The Morgan fingerprint density at radius 1 is 1.07 bits per heavy atom. The molecule has 1 fully saturated rings. The van der Waals surface area contributed by atoms with E-state index in [-0.39, 0.29) is 31.2 Å². The first-order chi connectivity index (χ1) is 21.3. The first kappa shape index (κ1) is 32.9. The van der Waals surface area contributed by atoms with Gasteiger partial charge in [0.05, 0.1) is 37.0 Å². The molecule has 0 saturated heterocycles. The minimum absolute atomic E-state index is 0.0650. The molecule has 3 aromatic rings. The van der Waals surface area contributed by atoms with Crippen molar-refractivity contribution in [3.63, 3.8) is 0 Å². The van der Waals surface area contributed by atoms with Crippen LogP contribution >= 0.6 is 0 Å². The van der Waals surface area contributed by atoms with Crippen molar-refractivity contribution in [2.45, 2.75) is 57.9 Å². The van der Waals surface area contributed by atoms with Crippen LogP contribution in [0.2, 0.25) is 0 Å². The quantitative estimate of drug-likeness (QED) is 0.299. The van der Waals surface area contributed by atoms with E-state index in [2.05, 4.69) is 10.6 Å². The monoisotopic (exact) mass is 640 g/mol. The predicted molar refractivity (Wildman–Crippen MR) is 173 cm³/mol. The van der Waals surface area contributed by atoms with Crippen molar-refractivity contribution < 1.29 is 32.6 Å². The van der Waals surface area contributed by atoms with Gasteiger partial charge in [0.25, 0.3) is 10.2 Å². The highest BCUT2D eigenvalue weighted by Crippen LogP contribution is 2.49. The smallest absolute Gasteiger partial charge is 0.335 e. The van der Waals surface area contributed by atoms with Gasteiger partial charge < -0.3 is 24.0 Å². The minimum Gasteiger partial charge on any atom is -0.497 e. The molecule has 12 heteroatoms. The summed E-state index contributed by atoms with van der Waals surface area (Å²) in [5, 5.41) is 16.1. The van der Waals surface area contributed by atoms with Crippen molar-refractivity contribution in [3.05, 3.63) is 53.1 Å². The van der Waals surface area contributed by atoms with Crippen LogP contribution in [0.1, 0.15) is 66.4 Å². The normalized spacial score (nSPS) is 18.8. The number of hydrogen-bond donors (Lipinski definition) is 2. The van der Waals surface area contributed by atoms with Gasteiger partial charge in [0.1, 0.15) is 5.75 Å². The number of aromatic nitrogens is 1. The zero-order valence-electron chi connectivity index (χ0n) is 26.5. The zero-order chi connectivity index (χ0) is 32.5. The highest BCUT2D eigenvalue weighted by Gasteiger charge is 2.41. The van der Waals surface area contributed by atoms with Crippen molar-refractivity contribution in [1.29, 1.82) is 0 Å². The number of fused-ring (bicyclic) bond motifs is 5. The Morgan fingerprint density at radius 2 is 1.78 bits per heavy atom. The van der Waals surface area contributed by atoms with Gasteiger partial charge >= 0.3 is 5.97 Å². The predicted octanol–water partition coefficient (Wildman–Crippen LogP) is 4.24. The van der Waals surface area contributed by atoms with Gasteiger partial charge in [-0.3, -0.25) is 4.79 Å². The van der Waals surface area contributed by atoms with E-state index in [1.54, 1.807) is 31.2 Å². The van der Waals surface area contributed by atoms with Crippen LogP contribution in [0.4, 0.5) is 0 Å². The molecule has 1 aromatic heterocycles. The van der Waals surface area contributed by atoms with Gasteiger partial charge in [-0.25, -0.2) is 9.93 Å². The summed E-state index contributed by atoms with van der Waals surface area (Å²) in [5.74, 6) is 0.00657. The molecule has 0 unspecified atom stereocenters. The van der Waals surface area contributed by atoms with Gasteiger partial charge in [0, 0.05) is 50.2 Å². The number of aromatic carboxylic acids is 1. The zero-order valence-corrected chi connectivity index (χ0v) is 27.4. The largest absolute Gasteiger partial charge is 0.497 e. The molecule has 0 bridgehead atoms. The van der Waals surface area contributed by atoms with Gasteiger partial charge in [-0.05, 0) is 73.6 Å². The summed E-state index contributed by atoms with van der Waals surface area (Å²) < 4.78 is 37.3. The van der Waals surface area contributed by atoms with Crippen LogP contribution in [0.5, 0.6) is 5.75 Å². The number of likely N-dealkylation sites (N-methyl/N-ethyl adjacent to an activating group) is 2. The van der Waals surface area contributed by atoms with E-state index < -0.39 is 21.6 Å². The molecule has 5 rings (SSSR count). The molecule has 1 atom stereocenters. The lowest BCUT2D eigenvalue weighted by Gasteiger charge is -2.33. The molecule has 1 aliphatic carbocycles. The van der Waals surface area contributed by atoms with E-state index >= 15 is 0 Å². The number of rotatable bonds is 11. The molecule has 11 nitrogen and oxygen atoms in total. The number of carboxylic acid groups (broad SMARTS) is 1.